The Morgan fingerprint density at radius 3 is 2.71 bits per heavy atom. The molecule has 0 aliphatic heterocycles. The molecule has 0 unspecified atom stereocenters. The monoisotopic (exact) mass is 322 g/mol. The molecule has 0 saturated heterocycles. The van der Waals surface area contributed by atoms with Crippen LogP contribution in [-0.4, -0.2) is 20.5 Å². The van der Waals surface area contributed by atoms with Gasteiger partial charge in [0.2, 0.25) is 0 Å². The van der Waals surface area contributed by atoms with Gasteiger partial charge in [-0.3, -0.25) is 4.40 Å². The highest BCUT2D eigenvalue weighted by atomic mass is 35.5. The second kappa shape index (κ2) is 5.27. The van der Waals surface area contributed by atoms with Crippen LogP contribution >= 0.6 is 23.2 Å². The van der Waals surface area contributed by atoms with E-state index in [9.17, 15) is 9.90 Å². The molecule has 0 amide bonds. The number of fused-ring (bicyclic) bond motifs is 1. The van der Waals surface area contributed by atoms with Crippen LogP contribution in [0.15, 0.2) is 42.6 Å². The van der Waals surface area contributed by atoms with E-state index in [4.69, 9.17) is 27.9 Å². The van der Waals surface area contributed by atoms with Gasteiger partial charge in [-0.1, -0.05) is 29.3 Å². The summed E-state index contributed by atoms with van der Waals surface area (Å²) in [4.78, 5) is 15.6. The molecule has 0 aliphatic rings. The molecule has 0 aliphatic carbocycles. The van der Waals surface area contributed by atoms with Crippen molar-refractivity contribution < 1.29 is 14.6 Å². The molecule has 0 radical (unpaired) electrons. The third-order valence-corrected chi connectivity index (χ3v) is 3.55. The van der Waals surface area contributed by atoms with Crippen molar-refractivity contribution in [1.82, 2.24) is 9.38 Å². The first-order chi connectivity index (χ1) is 10.1. The molecular weight excluding hydrogens is 315 g/mol. The number of aromatic nitrogens is 2. The molecule has 2 aromatic heterocycles. The van der Waals surface area contributed by atoms with E-state index >= 15 is 0 Å². The lowest BCUT2D eigenvalue weighted by Gasteiger charge is -2.04. The van der Waals surface area contributed by atoms with Gasteiger partial charge in [0.05, 0.1) is 10.0 Å². The smallest absolute Gasteiger partial charge is 0.358 e. The number of nitrogens with zero attached hydrogens (tertiary/aromatic N) is 2. The van der Waals surface area contributed by atoms with Crippen LogP contribution in [0.2, 0.25) is 10.0 Å². The van der Waals surface area contributed by atoms with E-state index in [1.54, 1.807) is 36.5 Å². The number of aromatic carboxylic acids is 1. The van der Waals surface area contributed by atoms with E-state index in [1.807, 2.05) is 0 Å². The summed E-state index contributed by atoms with van der Waals surface area (Å²) < 4.78 is 6.98. The van der Waals surface area contributed by atoms with Crippen LogP contribution in [-0.2, 0) is 0 Å². The Bertz CT molecular complexity index is 845. The normalized spacial score (nSPS) is 10.8. The lowest BCUT2D eigenvalue weighted by molar-refractivity contribution is 0.0686. The number of benzene rings is 1. The number of hydrogen-bond donors (Lipinski definition) is 1. The van der Waals surface area contributed by atoms with Crippen molar-refractivity contribution in [3.05, 3.63) is 58.3 Å². The van der Waals surface area contributed by atoms with Gasteiger partial charge in [-0.25, -0.2) is 4.79 Å². The van der Waals surface area contributed by atoms with Gasteiger partial charge in [-0.2, -0.15) is 4.98 Å². The molecule has 106 valence electrons. The molecule has 0 spiro atoms. The Balaban J connectivity index is 2.09. The fourth-order valence-corrected chi connectivity index (χ4v) is 2.18. The molecule has 0 saturated carbocycles. The molecule has 7 heteroatoms. The molecule has 0 atom stereocenters. The average molecular weight is 323 g/mol. The standard InChI is InChI=1S/C14H8Cl2N2O3/c15-9-5-4-8(7-10(9)16)21-13-12(14(19)20)18-6-2-1-3-11(18)17-13/h1-7H,(H,19,20). The van der Waals surface area contributed by atoms with Crippen molar-refractivity contribution >= 4 is 34.8 Å². The highest BCUT2D eigenvalue weighted by Gasteiger charge is 2.20. The van der Waals surface area contributed by atoms with E-state index in [-0.39, 0.29) is 11.6 Å². The average Bonchev–Trinajstić information content (AvgIpc) is 2.80. The Morgan fingerprint density at radius 1 is 1.19 bits per heavy atom. The summed E-state index contributed by atoms with van der Waals surface area (Å²) >= 11 is 11.7. The topological polar surface area (TPSA) is 63.8 Å². The third-order valence-electron chi connectivity index (χ3n) is 2.81. The fourth-order valence-electron chi connectivity index (χ4n) is 1.89. The number of imidazole rings is 1. The summed E-state index contributed by atoms with van der Waals surface area (Å²) in [6.07, 6.45) is 1.60. The van der Waals surface area contributed by atoms with Crippen molar-refractivity contribution in [2.24, 2.45) is 0 Å². The first kappa shape index (κ1) is 13.7. The zero-order valence-electron chi connectivity index (χ0n) is 10.5. The number of halogens is 2. The molecule has 0 bridgehead atoms. The first-order valence-electron chi connectivity index (χ1n) is 5.89. The number of carboxylic acids is 1. The van der Waals surface area contributed by atoms with Crippen molar-refractivity contribution in [1.29, 1.82) is 0 Å². The second-order valence-corrected chi connectivity index (χ2v) is 4.99. The number of ether oxygens (including phenoxy) is 1. The molecular formula is C14H8Cl2N2O3. The molecule has 21 heavy (non-hydrogen) atoms. The predicted octanol–water partition coefficient (Wildman–Crippen LogP) is 4.13. The molecule has 5 nitrogen and oxygen atoms in total. The van der Waals surface area contributed by atoms with Crippen LogP contribution in [0.25, 0.3) is 5.65 Å². The van der Waals surface area contributed by atoms with Crippen LogP contribution in [0.1, 0.15) is 10.5 Å². The first-order valence-corrected chi connectivity index (χ1v) is 6.65. The van der Waals surface area contributed by atoms with E-state index in [2.05, 4.69) is 4.98 Å². The van der Waals surface area contributed by atoms with Gasteiger partial charge >= 0.3 is 5.97 Å². The molecule has 1 aromatic carbocycles. The molecule has 0 fully saturated rings. The number of carbonyl (C=O) groups is 1. The van der Waals surface area contributed by atoms with E-state index in [0.717, 1.165) is 0 Å². The minimum Gasteiger partial charge on any atom is -0.476 e. The Morgan fingerprint density at radius 2 is 2.00 bits per heavy atom. The van der Waals surface area contributed by atoms with E-state index < -0.39 is 5.97 Å². The van der Waals surface area contributed by atoms with Gasteiger partial charge in [0.25, 0.3) is 5.88 Å². The maximum Gasteiger partial charge on any atom is 0.358 e. The van der Waals surface area contributed by atoms with Crippen molar-refractivity contribution in [2.45, 2.75) is 0 Å². The van der Waals surface area contributed by atoms with Gasteiger partial charge in [-0.15, -0.1) is 0 Å². The Hall–Kier alpha value is -2.24. The Labute approximate surface area is 129 Å². The maximum absolute atomic E-state index is 11.4. The number of carboxylic acid groups (broad SMARTS) is 1. The van der Waals surface area contributed by atoms with Crippen molar-refractivity contribution in [3.63, 3.8) is 0 Å². The van der Waals surface area contributed by atoms with Gasteiger partial charge < -0.3 is 9.84 Å². The van der Waals surface area contributed by atoms with Crippen molar-refractivity contribution in [2.75, 3.05) is 0 Å². The minimum absolute atomic E-state index is 0.00732. The van der Waals surface area contributed by atoms with Gasteiger partial charge in [0.15, 0.2) is 5.69 Å². The molecule has 3 rings (SSSR count). The SMILES string of the molecule is O=C(O)c1c(Oc2ccc(Cl)c(Cl)c2)nc2ccccn12. The third kappa shape index (κ3) is 2.53. The summed E-state index contributed by atoms with van der Waals surface area (Å²) in [5.41, 5.74) is 0.418. The molecule has 3 aromatic rings. The van der Waals surface area contributed by atoms with Gasteiger partial charge in [0.1, 0.15) is 11.4 Å². The molecule has 1 N–H and O–H groups in total. The highest BCUT2D eigenvalue weighted by Crippen LogP contribution is 2.31. The summed E-state index contributed by atoms with van der Waals surface area (Å²) in [5, 5.41) is 10.0. The van der Waals surface area contributed by atoms with Crippen LogP contribution < -0.4 is 4.74 Å². The van der Waals surface area contributed by atoms with Crippen LogP contribution in [0.5, 0.6) is 11.6 Å². The van der Waals surface area contributed by atoms with Crippen LogP contribution in [0.3, 0.4) is 0 Å². The lowest BCUT2D eigenvalue weighted by Crippen LogP contribution is -2.03. The summed E-state index contributed by atoms with van der Waals surface area (Å²) in [7, 11) is 0. The number of hydrogen-bond acceptors (Lipinski definition) is 3. The quantitative estimate of drug-likeness (QED) is 0.787. The summed E-state index contributed by atoms with van der Waals surface area (Å²) in [5.74, 6) is -0.786. The van der Waals surface area contributed by atoms with Gasteiger partial charge in [-0.05, 0) is 24.3 Å². The Kier molecular flexibility index (Phi) is 3.45. The zero-order chi connectivity index (χ0) is 15.0. The predicted molar refractivity (Wildman–Crippen MR) is 78.7 cm³/mol. The van der Waals surface area contributed by atoms with E-state index in [0.29, 0.717) is 21.4 Å². The second-order valence-electron chi connectivity index (χ2n) is 4.18. The van der Waals surface area contributed by atoms with E-state index in [1.165, 1.54) is 10.5 Å². The summed E-state index contributed by atoms with van der Waals surface area (Å²) in [6, 6.07) is 9.81. The van der Waals surface area contributed by atoms with Crippen molar-refractivity contribution in [3.8, 4) is 11.6 Å². The zero-order valence-corrected chi connectivity index (χ0v) is 12.0. The summed E-state index contributed by atoms with van der Waals surface area (Å²) in [6.45, 7) is 0. The van der Waals surface area contributed by atoms with Crippen LogP contribution in [0, 0.1) is 0 Å². The fraction of sp³-hybridized carbons (Fsp3) is 0. The lowest BCUT2D eigenvalue weighted by atomic mass is 10.3. The number of rotatable bonds is 3. The number of pyridine rings is 1. The van der Waals surface area contributed by atoms with Crippen LogP contribution in [0.4, 0.5) is 0 Å². The highest BCUT2D eigenvalue weighted by molar-refractivity contribution is 6.42. The minimum atomic E-state index is -1.14. The maximum atomic E-state index is 11.4. The van der Waals surface area contributed by atoms with Gasteiger partial charge in [0, 0.05) is 12.3 Å². The largest absolute Gasteiger partial charge is 0.476 e. The molecule has 2 heterocycles.